The normalized spacial score (nSPS) is 10.8. The summed E-state index contributed by atoms with van der Waals surface area (Å²) in [5.74, 6) is 0.910. The first-order valence-electron chi connectivity index (χ1n) is 6.56. The Morgan fingerprint density at radius 1 is 1.33 bits per heavy atom. The van der Waals surface area contributed by atoms with Crippen molar-refractivity contribution in [2.24, 2.45) is 0 Å². The summed E-state index contributed by atoms with van der Waals surface area (Å²) in [6.45, 7) is 2.28. The number of anilines is 1. The SMILES string of the molecule is COC(=O)c1cc(CNc2ccc3sccc3c2)oc1C. The fourth-order valence-electron chi connectivity index (χ4n) is 2.21. The molecule has 108 valence electrons. The quantitative estimate of drug-likeness (QED) is 0.734. The van der Waals surface area contributed by atoms with E-state index in [1.54, 1.807) is 24.3 Å². The maximum absolute atomic E-state index is 11.5. The number of ether oxygens (including phenoxy) is 1. The molecule has 3 rings (SSSR count). The van der Waals surface area contributed by atoms with Crippen molar-refractivity contribution in [2.45, 2.75) is 13.5 Å². The van der Waals surface area contributed by atoms with Gasteiger partial charge in [-0.2, -0.15) is 0 Å². The first-order valence-corrected chi connectivity index (χ1v) is 7.44. The third-order valence-corrected chi connectivity index (χ3v) is 4.19. The molecule has 0 bridgehead atoms. The molecule has 4 nitrogen and oxygen atoms in total. The number of carbonyl (C=O) groups is 1. The Morgan fingerprint density at radius 3 is 3.00 bits per heavy atom. The largest absolute Gasteiger partial charge is 0.465 e. The van der Waals surface area contributed by atoms with Crippen molar-refractivity contribution in [1.29, 1.82) is 0 Å². The molecule has 2 heterocycles. The number of furan rings is 1. The van der Waals surface area contributed by atoms with E-state index >= 15 is 0 Å². The lowest BCUT2D eigenvalue weighted by atomic mass is 10.2. The Kier molecular flexibility index (Phi) is 3.66. The van der Waals surface area contributed by atoms with Crippen LogP contribution in [0, 0.1) is 6.92 Å². The Balaban J connectivity index is 1.73. The van der Waals surface area contributed by atoms with Crippen molar-refractivity contribution in [3.05, 3.63) is 52.8 Å². The van der Waals surface area contributed by atoms with Crippen LogP contribution in [0.5, 0.6) is 0 Å². The summed E-state index contributed by atoms with van der Waals surface area (Å²) in [5.41, 5.74) is 1.50. The predicted molar refractivity (Wildman–Crippen MR) is 83.9 cm³/mol. The van der Waals surface area contributed by atoms with Gasteiger partial charge in [0.1, 0.15) is 17.1 Å². The van der Waals surface area contributed by atoms with E-state index in [2.05, 4.69) is 28.9 Å². The smallest absolute Gasteiger partial charge is 0.341 e. The second-order valence-electron chi connectivity index (χ2n) is 4.70. The Bertz CT molecular complexity index is 788. The van der Waals surface area contributed by atoms with Gasteiger partial charge < -0.3 is 14.5 Å². The van der Waals surface area contributed by atoms with Crippen molar-refractivity contribution in [2.75, 3.05) is 12.4 Å². The fraction of sp³-hybridized carbons (Fsp3) is 0.188. The lowest BCUT2D eigenvalue weighted by molar-refractivity contribution is 0.0599. The van der Waals surface area contributed by atoms with Crippen molar-refractivity contribution >= 4 is 33.1 Å². The number of rotatable bonds is 4. The van der Waals surface area contributed by atoms with Crippen LogP contribution in [0.15, 0.2) is 40.1 Å². The van der Waals surface area contributed by atoms with Crippen LogP contribution < -0.4 is 5.32 Å². The summed E-state index contributed by atoms with van der Waals surface area (Å²) < 4.78 is 11.6. The van der Waals surface area contributed by atoms with Gasteiger partial charge in [-0.15, -0.1) is 11.3 Å². The zero-order valence-electron chi connectivity index (χ0n) is 11.8. The number of benzene rings is 1. The van der Waals surface area contributed by atoms with Gasteiger partial charge in [-0.05, 0) is 48.0 Å². The van der Waals surface area contributed by atoms with Gasteiger partial charge in [0.15, 0.2) is 0 Å². The zero-order chi connectivity index (χ0) is 14.8. The number of aryl methyl sites for hydroxylation is 1. The minimum atomic E-state index is -0.373. The lowest BCUT2D eigenvalue weighted by Gasteiger charge is -2.04. The monoisotopic (exact) mass is 301 g/mol. The second kappa shape index (κ2) is 5.61. The molecular formula is C16H15NO3S. The molecule has 21 heavy (non-hydrogen) atoms. The Hall–Kier alpha value is -2.27. The van der Waals surface area contributed by atoms with Gasteiger partial charge in [0, 0.05) is 10.4 Å². The van der Waals surface area contributed by atoms with Gasteiger partial charge in [0.25, 0.3) is 0 Å². The first kappa shape index (κ1) is 13.7. The maximum Gasteiger partial charge on any atom is 0.341 e. The highest BCUT2D eigenvalue weighted by molar-refractivity contribution is 7.17. The summed E-state index contributed by atoms with van der Waals surface area (Å²) in [7, 11) is 1.36. The molecule has 0 spiro atoms. The molecular weight excluding hydrogens is 286 g/mol. The highest BCUT2D eigenvalue weighted by atomic mass is 32.1. The molecule has 3 aromatic rings. The van der Waals surface area contributed by atoms with Crippen LogP contribution in [-0.4, -0.2) is 13.1 Å². The predicted octanol–water partition coefficient (Wildman–Crippen LogP) is 4.20. The van der Waals surface area contributed by atoms with Gasteiger partial charge in [0.2, 0.25) is 0 Å². The summed E-state index contributed by atoms with van der Waals surface area (Å²) >= 11 is 1.72. The third kappa shape index (κ3) is 2.78. The van der Waals surface area contributed by atoms with E-state index in [1.807, 2.05) is 6.07 Å². The Morgan fingerprint density at radius 2 is 2.19 bits per heavy atom. The first-order chi connectivity index (χ1) is 10.2. The number of methoxy groups -OCH3 is 1. The van der Waals surface area contributed by atoms with E-state index in [0.717, 1.165) is 5.69 Å². The summed E-state index contributed by atoms with van der Waals surface area (Å²) in [5, 5.41) is 6.59. The molecule has 0 saturated heterocycles. The molecule has 0 aliphatic carbocycles. The number of nitrogens with one attached hydrogen (secondary N) is 1. The average molecular weight is 301 g/mol. The molecule has 0 fully saturated rings. The molecule has 0 radical (unpaired) electrons. The van der Waals surface area contributed by atoms with E-state index in [-0.39, 0.29) is 5.97 Å². The average Bonchev–Trinajstić information content (AvgIpc) is 3.10. The van der Waals surface area contributed by atoms with Gasteiger partial charge in [-0.3, -0.25) is 0 Å². The highest BCUT2D eigenvalue weighted by Crippen LogP contribution is 2.24. The molecule has 1 aromatic carbocycles. The number of hydrogen-bond acceptors (Lipinski definition) is 5. The van der Waals surface area contributed by atoms with Crippen LogP contribution in [0.25, 0.3) is 10.1 Å². The number of thiophene rings is 1. The molecule has 0 aliphatic heterocycles. The summed E-state index contributed by atoms with van der Waals surface area (Å²) in [4.78, 5) is 11.5. The molecule has 0 aliphatic rings. The number of fused-ring (bicyclic) bond motifs is 1. The molecule has 0 unspecified atom stereocenters. The molecule has 0 saturated carbocycles. The van der Waals surface area contributed by atoms with E-state index in [4.69, 9.17) is 9.15 Å². The van der Waals surface area contributed by atoms with Gasteiger partial charge in [0.05, 0.1) is 13.7 Å². The van der Waals surface area contributed by atoms with Crippen LogP contribution in [0.3, 0.4) is 0 Å². The standard InChI is InChI=1S/C16H15NO3S/c1-10-14(16(18)19-2)8-13(20-10)9-17-12-3-4-15-11(7-12)5-6-21-15/h3-8,17H,9H2,1-2H3. The van der Waals surface area contributed by atoms with Crippen molar-refractivity contribution in [1.82, 2.24) is 0 Å². The van der Waals surface area contributed by atoms with Gasteiger partial charge >= 0.3 is 5.97 Å². The summed E-state index contributed by atoms with van der Waals surface area (Å²) in [6.07, 6.45) is 0. The minimum Gasteiger partial charge on any atom is -0.465 e. The number of esters is 1. The fourth-order valence-corrected chi connectivity index (χ4v) is 2.98. The number of carbonyl (C=O) groups excluding carboxylic acids is 1. The van der Waals surface area contributed by atoms with Crippen LogP contribution in [0.4, 0.5) is 5.69 Å². The van der Waals surface area contributed by atoms with E-state index in [0.29, 0.717) is 23.6 Å². The molecule has 0 amide bonds. The van der Waals surface area contributed by atoms with Gasteiger partial charge in [-0.25, -0.2) is 4.79 Å². The van der Waals surface area contributed by atoms with E-state index in [9.17, 15) is 4.79 Å². The highest BCUT2D eigenvalue weighted by Gasteiger charge is 2.15. The number of hydrogen-bond donors (Lipinski definition) is 1. The topological polar surface area (TPSA) is 51.5 Å². The van der Waals surface area contributed by atoms with Crippen LogP contribution >= 0.6 is 11.3 Å². The molecule has 2 aromatic heterocycles. The van der Waals surface area contributed by atoms with E-state index < -0.39 is 0 Å². The van der Waals surface area contributed by atoms with Crippen LogP contribution in [0.1, 0.15) is 21.9 Å². The van der Waals surface area contributed by atoms with Crippen molar-refractivity contribution < 1.29 is 13.9 Å². The maximum atomic E-state index is 11.5. The van der Waals surface area contributed by atoms with Crippen LogP contribution in [-0.2, 0) is 11.3 Å². The zero-order valence-corrected chi connectivity index (χ0v) is 12.6. The van der Waals surface area contributed by atoms with Crippen LogP contribution in [0.2, 0.25) is 0 Å². The Labute approximate surface area is 126 Å². The molecule has 5 heteroatoms. The third-order valence-electron chi connectivity index (χ3n) is 3.29. The van der Waals surface area contributed by atoms with E-state index in [1.165, 1.54) is 17.2 Å². The van der Waals surface area contributed by atoms with Gasteiger partial charge in [-0.1, -0.05) is 0 Å². The van der Waals surface area contributed by atoms with Crippen molar-refractivity contribution in [3.8, 4) is 0 Å². The second-order valence-corrected chi connectivity index (χ2v) is 5.65. The molecule has 1 N–H and O–H groups in total. The molecule has 0 atom stereocenters. The summed E-state index contributed by atoms with van der Waals surface area (Å²) in [6, 6.07) is 10.0. The van der Waals surface area contributed by atoms with Crippen molar-refractivity contribution in [3.63, 3.8) is 0 Å². The lowest BCUT2D eigenvalue weighted by Crippen LogP contribution is -2.01. The minimum absolute atomic E-state index is 0.373.